The first-order valence-corrected chi connectivity index (χ1v) is 10.5. The molecule has 32 heavy (non-hydrogen) atoms. The molecule has 5 aromatic rings. The quantitative estimate of drug-likeness (QED) is 0.332. The van der Waals surface area contributed by atoms with E-state index in [-0.39, 0.29) is 12.5 Å². The molecule has 0 aliphatic carbocycles. The largest absolute Gasteiger partial charge is 0.483 e. The molecule has 0 atom stereocenters. The number of hydrogen-bond acceptors (Lipinski definition) is 4. The molecule has 0 radical (unpaired) electrons. The fourth-order valence-electron chi connectivity index (χ4n) is 3.58. The van der Waals surface area contributed by atoms with Crippen LogP contribution in [0.1, 0.15) is 5.56 Å². The number of carbonyl (C=O) groups is 1. The number of nitrogens with zero attached hydrogens (tertiary/aromatic N) is 1. The van der Waals surface area contributed by atoms with Crippen molar-refractivity contribution >= 4 is 45.1 Å². The van der Waals surface area contributed by atoms with Crippen LogP contribution in [0.3, 0.4) is 0 Å². The van der Waals surface area contributed by atoms with Gasteiger partial charge in [0.05, 0.1) is 10.6 Å². The van der Waals surface area contributed by atoms with Crippen LogP contribution >= 0.6 is 11.6 Å². The van der Waals surface area contributed by atoms with E-state index in [0.29, 0.717) is 33.5 Å². The van der Waals surface area contributed by atoms with E-state index in [0.717, 1.165) is 21.9 Å². The molecule has 0 aliphatic heterocycles. The maximum atomic E-state index is 12.5. The summed E-state index contributed by atoms with van der Waals surface area (Å²) in [7, 11) is 0. The fourth-order valence-corrected chi connectivity index (χ4v) is 3.77. The molecule has 1 aromatic heterocycles. The van der Waals surface area contributed by atoms with Crippen molar-refractivity contribution in [2.45, 2.75) is 6.92 Å². The van der Waals surface area contributed by atoms with Gasteiger partial charge < -0.3 is 14.5 Å². The zero-order valence-corrected chi connectivity index (χ0v) is 18.0. The Kier molecular flexibility index (Phi) is 5.25. The molecule has 0 saturated carbocycles. The van der Waals surface area contributed by atoms with Crippen molar-refractivity contribution in [3.63, 3.8) is 0 Å². The number of aryl methyl sites for hydroxylation is 1. The normalized spacial score (nSPS) is 11.1. The molecule has 0 spiro atoms. The van der Waals surface area contributed by atoms with Crippen LogP contribution in [0.4, 0.5) is 5.69 Å². The number of ether oxygens (including phenoxy) is 1. The van der Waals surface area contributed by atoms with Gasteiger partial charge in [-0.1, -0.05) is 54.1 Å². The predicted molar refractivity (Wildman–Crippen MR) is 127 cm³/mol. The summed E-state index contributed by atoms with van der Waals surface area (Å²) in [6.07, 6.45) is 0. The molecule has 6 heteroatoms. The van der Waals surface area contributed by atoms with Crippen LogP contribution in [-0.4, -0.2) is 17.5 Å². The maximum Gasteiger partial charge on any atom is 0.262 e. The Morgan fingerprint density at radius 3 is 2.78 bits per heavy atom. The number of halogens is 1. The summed E-state index contributed by atoms with van der Waals surface area (Å²) in [4.78, 5) is 17.0. The number of hydrogen-bond donors (Lipinski definition) is 1. The Balaban J connectivity index is 1.33. The van der Waals surface area contributed by atoms with E-state index in [4.69, 9.17) is 20.8 Å². The first-order valence-electron chi connectivity index (χ1n) is 10.1. The van der Waals surface area contributed by atoms with Crippen molar-refractivity contribution in [3.05, 3.63) is 89.4 Å². The topological polar surface area (TPSA) is 64.4 Å². The lowest BCUT2D eigenvalue weighted by Crippen LogP contribution is -2.20. The number of rotatable bonds is 5. The van der Waals surface area contributed by atoms with Crippen molar-refractivity contribution in [2.75, 3.05) is 11.9 Å². The van der Waals surface area contributed by atoms with Crippen molar-refractivity contribution in [1.82, 2.24) is 4.98 Å². The summed E-state index contributed by atoms with van der Waals surface area (Å²) in [5.41, 5.74) is 3.70. The van der Waals surface area contributed by atoms with Crippen molar-refractivity contribution in [3.8, 4) is 17.2 Å². The van der Waals surface area contributed by atoms with Crippen LogP contribution in [-0.2, 0) is 4.79 Å². The minimum absolute atomic E-state index is 0.117. The highest BCUT2D eigenvalue weighted by atomic mass is 35.5. The molecular weight excluding hydrogens is 424 g/mol. The first-order chi connectivity index (χ1) is 15.6. The van der Waals surface area contributed by atoms with Gasteiger partial charge in [0.2, 0.25) is 5.89 Å². The van der Waals surface area contributed by atoms with Gasteiger partial charge >= 0.3 is 0 Å². The lowest BCUT2D eigenvalue weighted by molar-refractivity contribution is -0.118. The summed E-state index contributed by atoms with van der Waals surface area (Å²) >= 11 is 6.39. The minimum Gasteiger partial charge on any atom is -0.483 e. The summed E-state index contributed by atoms with van der Waals surface area (Å²) in [5.74, 6) is 0.787. The Morgan fingerprint density at radius 1 is 1.03 bits per heavy atom. The van der Waals surface area contributed by atoms with Crippen molar-refractivity contribution in [1.29, 1.82) is 0 Å². The average molecular weight is 443 g/mol. The number of fused-ring (bicyclic) bond motifs is 2. The highest BCUT2D eigenvalue weighted by Crippen LogP contribution is 2.32. The van der Waals surface area contributed by atoms with Crippen LogP contribution in [0, 0.1) is 6.92 Å². The maximum absolute atomic E-state index is 12.5. The number of anilines is 1. The standard InChI is InChI=1S/C26H19ClN2O3/c1-16-9-12-22-24(13-16)32-26(29-22)20-14-18(10-11-21(20)27)28-25(30)15-31-23-8-4-6-17-5-2-3-7-19(17)23/h2-14H,15H2,1H3,(H,28,30). The van der Waals surface area contributed by atoms with Gasteiger partial charge in [-0.2, -0.15) is 0 Å². The molecule has 0 unspecified atom stereocenters. The molecule has 1 amide bonds. The van der Waals surface area contributed by atoms with Crippen LogP contribution in [0.5, 0.6) is 5.75 Å². The molecule has 4 aromatic carbocycles. The van der Waals surface area contributed by atoms with Gasteiger partial charge in [-0.25, -0.2) is 4.98 Å². The third-order valence-corrected chi connectivity index (χ3v) is 5.46. The van der Waals surface area contributed by atoms with Gasteiger partial charge in [0.1, 0.15) is 11.3 Å². The van der Waals surface area contributed by atoms with E-state index < -0.39 is 0 Å². The third kappa shape index (κ3) is 4.03. The average Bonchev–Trinajstić information content (AvgIpc) is 3.22. The zero-order chi connectivity index (χ0) is 22.1. The first kappa shape index (κ1) is 20.1. The Hall–Kier alpha value is -3.83. The number of carbonyl (C=O) groups excluding carboxylic acids is 1. The second-order valence-corrected chi connectivity index (χ2v) is 7.91. The Labute approximate surface area is 189 Å². The van der Waals surface area contributed by atoms with Gasteiger partial charge in [0.15, 0.2) is 12.2 Å². The number of nitrogens with one attached hydrogen (secondary N) is 1. The number of benzene rings is 4. The van der Waals surface area contributed by atoms with Gasteiger partial charge in [0.25, 0.3) is 5.91 Å². The molecule has 1 heterocycles. The SMILES string of the molecule is Cc1ccc2nc(-c3cc(NC(=O)COc4cccc5ccccc45)ccc3Cl)oc2c1. The van der Waals surface area contributed by atoms with Crippen LogP contribution < -0.4 is 10.1 Å². The summed E-state index contributed by atoms with van der Waals surface area (Å²) in [6, 6.07) is 24.6. The summed E-state index contributed by atoms with van der Waals surface area (Å²) < 4.78 is 11.7. The second kappa shape index (κ2) is 8.36. The van der Waals surface area contributed by atoms with Gasteiger partial charge in [0, 0.05) is 11.1 Å². The van der Waals surface area contributed by atoms with E-state index in [2.05, 4.69) is 10.3 Å². The molecule has 0 aliphatic rings. The molecule has 158 valence electrons. The monoisotopic (exact) mass is 442 g/mol. The lowest BCUT2D eigenvalue weighted by atomic mass is 10.1. The van der Waals surface area contributed by atoms with E-state index in [1.54, 1.807) is 18.2 Å². The molecule has 0 fully saturated rings. The Morgan fingerprint density at radius 2 is 1.88 bits per heavy atom. The third-order valence-electron chi connectivity index (χ3n) is 5.13. The minimum atomic E-state index is -0.278. The number of aromatic nitrogens is 1. The predicted octanol–water partition coefficient (Wildman–Crippen LogP) is 6.63. The highest BCUT2D eigenvalue weighted by Gasteiger charge is 2.14. The molecule has 5 nitrogen and oxygen atoms in total. The highest BCUT2D eigenvalue weighted by molar-refractivity contribution is 6.33. The molecular formula is C26H19ClN2O3. The van der Waals surface area contributed by atoms with Crippen molar-refractivity contribution in [2.24, 2.45) is 0 Å². The van der Waals surface area contributed by atoms with Crippen molar-refractivity contribution < 1.29 is 13.9 Å². The Bertz CT molecular complexity index is 1450. The lowest BCUT2D eigenvalue weighted by Gasteiger charge is -2.10. The van der Waals surface area contributed by atoms with Crippen LogP contribution in [0.2, 0.25) is 5.02 Å². The summed E-state index contributed by atoms with van der Waals surface area (Å²) in [5, 5.41) is 5.35. The fraction of sp³-hybridized carbons (Fsp3) is 0.0769. The van der Waals surface area contributed by atoms with E-state index in [9.17, 15) is 4.79 Å². The van der Waals surface area contributed by atoms with Crippen LogP contribution in [0.15, 0.2) is 83.3 Å². The van der Waals surface area contributed by atoms with E-state index in [1.165, 1.54) is 0 Å². The second-order valence-electron chi connectivity index (χ2n) is 7.50. The summed E-state index contributed by atoms with van der Waals surface area (Å²) in [6.45, 7) is 1.87. The van der Waals surface area contributed by atoms with E-state index in [1.807, 2.05) is 67.6 Å². The van der Waals surface area contributed by atoms with Gasteiger partial charge in [-0.3, -0.25) is 4.79 Å². The molecule has 5 rings (SSSR count). The molecule has 0 saturated heterocycles. The van der Waals surface area contributed by atoms with Gasteiger partial charge in [-0.15, -0.1) is 0 Å². The van der Waals surface area contributed by atoms with Gasteiger partial charge in [-0.05, 0) is 54.3 Å². The molecule has 0 bridgehead atoms. The number of oxazole rings is 1. The smallest absolute Gasteiger partial charge is 0.262 e. The van der Waals surface area contributed by atoms with E-state index >= 15 is 0 Å². The zero-order valence-electron chi connectivity index (χ0n) is 17.3. The molecule has 1 N–H and O–H groups in total. The number of amides is 1. The van der Waals surface area contributed by atoms with Crippen LogP contribution in [0.25, 0.3) is 33.3 Å².